The van der Waals surface area contributed by atoms with E-state index in [0.29, 0.717) is 36.6 Å². The van der Waals surface area contributed by atoms with Crippen LogP contribution >= 0.6 is 0 Å². The van der Waals surface area contributed by atoms with Gasteiger partial charge in [-0.2, -0.15) is 0 Å². The van der Waals surface area contributed by atoms with Crippen molar-refractivity contribution in [2.75, 3.05) is 18.9 Å². The monoisotopic (exact) mass is 383 g/mol. The topological polar surface area (TPSA) is 70.8 Å². The van der Waals surface area contributed by atoms with Crippen molar-refractivity contribution in [3.8, 4) is 11.5 Å². The van der Waals surface area contributed by atoms with Gasteiger partial charge in [-0.1, -0.05) is 24.1 Å². The summed E-state index contributed by atoms with van der Waals surface area (Å²) < 4.78 is 17.1. The highest BCUT2D eigenvalue weighted by Crippen LogP contribution is 2.26. The summed E-state index contributed by atoms with van der Waals surface area (Å²) in [5.74, 6) is 1.05. The van der Waals surface area contributed by atoms with E-state index in [9.17, 15) is 4.79 Å². The number of nitrogens with two attached hydrogens (primary N) is 1. The molecule has 2 aromatic carbocycles. The summed E-state index contributed by atoms with van der Waals surface area (Å²) in [7, 11) is 0. The van der Waals surface area contributed by atoms with E-state index in [2.05, 4.69) is 0 Å². The van der Waals surface area contributed by atoms with Gasteiger partial charge in [-0.15, -0.1) is 0 Å². The van der Waals surface area contributed by atoms with E-state index in [4.69, 9.17) is 19.9 Å². The largest absolute Gasteiger partial charge is 0.493 e. The summed E-state index contributed by atoms with van der Waals surface area (Å²) in [4.78, 5) is 12.4. The number of carbonyl (C=O) groups is 1. The highest BCUT2D eigenvalue weighted by molar-refractivity contribution is 5.90. The lowest BCUT2D eigenvalue weighted by atomic mass is 9.98. The van der Waals surface area contributed by atoms with Crippen LogP contribution in [0.2, 0.25) is 0 Å². The molecule has 1 aliphatic rings. The second-order valence-corrected chi connectivity index (χ2v) is 7.28. The van der Waals surface area contributed by atoms with Gasteiger partial charge in [0.25, 0.3) is 0 Å². The minimum atomic E-state index is -0.306. The second kappa shape index (κ2) is 10.0. The first kappa shape index (κ1) is 20.1. The standard InChI is InChI=1S/C23H29NO4/c1-17-8-11-19(12-9-17)26-14-5-15-27-22-16-18(10-13-21(22)24)23(25)28-20-6-3-2-4-7-20/h8-13,16,20H,2-7,14-15,24H2,1H3. The van der Waals surface area contributed by atoms with Crippen LogP contribution in [0.4, 0.5) is 5.69 Å². The highest BCUT2D eigenvalue weighted by atomic mass is 16.5. The zero-order chi connectivity index (χ0) is 19.8. The Morgan fingerprint density at radius 1 is 1.00 bits per heavy atom. The van der Waals surface area contributed by atoms with Crippen molar-refractivity contribution < 1.29 is 19.0 Å². The molecular weight excluding hydrogens is 354 g/mol. The molecule has 2 N–H and O–H groups in total. The first-order chi connectivity index (χ1) is 13.6. The number of nitrogen functional groups attached to an aromatic ring is 1. The summed E-state index contributed by atoms with van der Waals surface area (Å²) in [5.41, 5.74) is 8.17. The van der Waals surface area contributed by atoms with Crippen LogP contribution in [0, 0.1) is 6.92 Å². The molecule has 2 aromatic rings. The van der Waals surface area contributed by atoms with E-state index in [1.165, 1.54) is 12.0 Å². The molecule has 0 unspecified atom stereocenters. The summed E-state index contributed by atoms with van der Waals surface area (Å²) in [6.07, 6.45) is 6.11. The second-order valence-electron chi connectivity index (χ2n) is 7.28. The van der Waals surface area contributed by atoms with Gasteiger partial charge in [0.2, 0.25) is 0 Å². The Morgan fingerprint density at radius 3 is 2.46 bits per heavy atom. The molecule has 1 fully saturated rings. The molecule has 0 saturated heterocycles. The quantitative estimate of drug-likeness (QED) is 0.398. The Balaban J connectivity index is 1.46. The maximum absolute atomic E-state index is 12.4. The molecule has 0 aromatic heterocycles. The normalized spacial score (nSPS) is 14.5. The molecule has 28 heavy (non-hydrogen) atoms. The van der Waals surface area contributed by atoms with E-state index in [1.807, 2.05) is 31.2 Å². The first-order valence-corrected chi connectivity index (χ1v) is 10.0. The van der Waals surface area contributed by atoms with Gasteiger partial charge in [0.15, 0.2) is 0 Å². The molecule has 0 atom stereocenters. The third-order valence-electron chi connectivity index (χ3n) is 4.91. The fourth-order valence-electron chi connectivity index (χ4n) is 3.25. The Bertz CT molecular complexity index is 767. The van der Waals surface area contributed by atoms with Gasteiger partial charge < -0.3 is 19.9 Å². The highest BCUT2D eigenvalue weighted by Gasteiger charge is 2.19. The van der Waals surface area contributed by atoms with E-state index >= 15 is 0 Å². The number of esters is 1. The molecule has 3 rings (SSSR count). The molecule has 1 aliphatic carbocycles. The lowest BCUT2D eigenvalue weighted by Crippen LogP contribution is -2.21. The van der Waals surface area contributed by atoms with Gasteiger partial charge in [0.05, 0.1) is 24.5 Å². The molecule has 0 aliphatic heterocycles. The van der Waals surface area contributed by atoms with Crippen LogP contribution < -0.4 is 15.2 Å². The Labute approximate surface area is 166 Å². The molecule has 0 bridgehead atoms. The summed E-state index contributed by atoms with van der Waals surface area (Å²) in [6, 6.07) is 13.0. The van der Waals surface area contributed by atoms with Gasteiger partial charge in [-0.05, 0) is 62.9 Å². The number of hydrogen-bond acceptors (Lipinski definition) is 5. The lowest BCUT2D eigenvalue weighted by Gasteiger charge is -2.22. The Kier molecular flexibility index (Phi) is 7.18. The van der Waals surface area contributed by atoms with Crippen LogP contribution in [0.25, 0.3) is 0 Å². The van der Waals surface area contributed by atoms with E-state index in [1.54, 1.807) is 18.2 Å². The number of aryl methyl sites for hydroxylation is 1. The molecule has 0 spiro atoms. The Hall–Kier alpha value is -2.69. The van der Waals surface area contributed by atoms with Crippen LogP contribution in [-0.2, 0) is 4.74 Å². The van der Waals surface area contributed by atoms with Crippen LogP contribution in [-0.4, -0.2) is 25.3 Å². The van der Waals surface area contributed by atoms with E-state index < -0.39 is 0 Å². The van der Waals surface area contributed by atoms with Crippen molar-refractivity contribution in [1.29, 1.82) is 0 Å². The summed E-state index contributed by atoms with van der Waals surface area (Å²) in [6.45, 7) is 3.05. The minimum absolute atomic E-state index is 0.0297. The third kappa shape index (κ3) is 5.91. The first-order valence-electron chi connectivity index (χ1n) is 10.0. The van der Waals surface area contributed by atoms with Gasteiger partial charge >= 0.3 is 5.97 Å². The molecule has 1 saturated carbocycles. The number of benzene rings is 2. The molecule has 5 nitrogen and oxygen atoms in total. The van der Waals surface area contributed by atoms with Crippen molar-refractivity contribution in [3.05, 3.63) is 53.6 Å². The smallest absolute Gasteiger partial charge is 0.338 e. The molecule has 0 radical (unpaired) electrons. The van der Waals surface area contributed by atoms with Gasteiger partial charge in [-0.25, -0.2) is 4.79 Å². The average Bonchev–Trinajstić information content (AvgIpc) is 2.71. The van der Waals surface area contributed by atoms with Crippen LogP contribution in [0.15, 0.2) is 42.5 Å². The van der Waals surface area contributed by atoms with Crippen molar-refractivity contribution in [2.45, 2.75) is 51.6 Å². The molecule has 0 heterocycles. The number of anilines is 1. The molecule has 5 heteroatoms. The number of ether oxygens (including phenoxy) is 3. The number of hydrogen-bond donors (Lipinski definition) is 1. The summed E-state index contributed by atoms with van der Waals surface area (Å²) in [5, 5.41) is 0. The van der Waals surface area contributed by atoms with Crippen LogP contribution in [0.5, 0.6) is 11.5 Å². The van der Waals surface area contributed by atoms with Gasteiger partial charge in [-0.3, -0.25) is 0 Å². The van der Waals surface area contributed by atoms with Gasteiger partial charge in [0.1, 0.15) is 17.6 Å². The average molecular weight is 383 g/mol. The van der Waals surface area contributed by atoms with Crippen LogP contribution in [0.1, 0.15) is 54.4 Å². The maximum Gasteiger partial charge on any atom is 0.338 e. The minimum Gasteiger partial charge on any atom is -0.493 e. The molecular formula is C23H29NO4. The third-order valence-corrected chi connectivity index (χ3v) is 4.91. The lowest BCUT2D eigenvalue weighted by molar-refractivity contribution is 0.0210. The van der Waals surface area contributed by atoms with Crippen LogP contribution in [0.3, 0.4) is 0 Å². The van der Waals surface area contributed by atoms with E-state index in [0.717, 1.165) is 31.4 Å². The number of rotatable bonds is 8. The number of carbonyl (C=O) groups excluding carboxylic acids is 1. The van der Waals surface area contributed by atoms with Crippen molar-refractivity contribution >= 4 is 11.7 Å². The zero-order valence-corrected chi connectivity index (χ0v) is 16.5. The Morgan fingerprint density at radius 2 is 1.71 bits per heavy atom. The summed E-state index contributed by atoms with van der Waals surface area (Å²) >= 11 is 0. The predicted octanol–water partition coefficient (Wildman–Crippen LogP) is 4.91. The van der Waals surface area contributed by atoms with Crippen molar-refractivity contribution in [1.82, 2.24) is 0 Å². The fraction of sp³-hybridized carbons (Fsp3) is 0.435. The molecule has 0 amide bonds. The fourth-order valence-corrected chi connectivity index (χ4v) is 3.25. The van der Waals surface area contributed by atoms with E-state index in [-0.39, 0.29) is 12.1 Å². The SMILES string of the molecule is Cc1ccc(OCCCOc2cc(C(=O)OC3CCCCC3)ccc2N)cc1. The van der Waals surface area contributed by atoms with Crippen molar-refractivity contribution in [3.63, 3.8) is 0 Å². The predicted molar refractivity (Wildman–Crippen MR) is 110 cm³/mol. The maximum atomic E-state index is 12.4. The molecule has 150 valence electrons. The van der Waals surface area contributed by atoms with Crippen molar-refractivity contribution in [2.24, 2.45) is 0 Å². The zero-order valence-electron chi connectivity index (χ0n) is 16.5. The van der Waals surface area contributed by atoms with Gasteiger partial charge in [0, 0.05) is 6.42 Å².